The van der Waals surface area contributed by atoms with Crippen LogP contribution in [0.4, 0.5) is 5.69 Å². The molecular weight excluding hydrogens is 230 g/mol. The van der Waals surface area contributed by atoms with Crippen LogP contribution >= 0.6 is 0 Å². The third-order valence-corrected chi connectivity index (χ3v) is 3.05. The molecule has 5 heteroatoms. The Bertz CT molecular complexity index is 464. The van der Waals surface area contributed by atoms with Crippen LogP contribution in [-0.4, -0.2) is 36.8 Å². The van der Waals surface area contributed by atoms with E-state index in [2.05, 4.69) is 11.4 Å². The third kappa shape index (κ3) is 2.44. The lowest BCUT2D eigenvalue weighted by Gasteiger charge is -2.29. The molecular formula is C13H15N3O2. The van der Waals surface area contributed by atoms with Gasteiger partial charge in [-0.05, 0) is 30.7 Å². The van der Waals surface area contributed by atoms with Crippen molar-refractivity contribution in [3.63, 3.8) is 0 Å². The number of nitrogens with one attached hydrogen (secondary N) is 1. The molecule has 2 N–H and O–H groups in total. The summed E-state index contributed by atoms with van der Waals surface area (Å²) < 4.78 is 0. The molecule has 0 saturated carbocycles. The molecule has 0 spiro atoms. The molecule has 1 fully saturated rings. The van der Waals surface area contributed by atoms with Gasteiger partial charge in [0.25, 0.3) is 0 Å². The Kier molecular flexibility index (Phi) is 3.80. The molecule has 2 rings (SSSR count). The molecule has 1 amide bonds. The molecule has 18 heavy (non-hydrogen) atoms. The summed E-state index contributed by atoms with van der Waals surface area (Å²) in [6, 6.07) is 8.54. The van der Waals surface area contributed by atoms with Gasteiger partial charge in [0.2, 0.25) is 5.91 Å². The van der Waals surface area contributed by atoms with Crippen LogP contribution in [0.2, 0.25) is 0 Å². The highest BCUT2D eigenvalue weighted by Crippen LogP contribution is 2.19. The molecule has 1 aliphatic heterocycles. The van der Waals surface area contributed by atoms with Crippen LogP contribution in [0.15, 0.2) is 24.3 Å². The summed E-state index contributed by atoms with van der Waals surface area (Å²) in [5.41, 5.74) is 1.43. The largest absolute Gasteiger partial charge is 0.394 e. The van der Waals surface area contributed by atoms with Gasteiger partial charge in [-0.2, -0.15) is 5.26 Å². The zero-order chi connectivity index (χ0) is 13.0. The first-order chi connectivity index (χ1) is 8.76. The monoisotopic (exact) mass is 245 g/mol. The lowest BCUT2D eigenvalue weighted by atomic mass is 10.1. The molecule has 1 saturated heterocycles. The van der Waals surface area contributed by atoms with Crippen LogP contribution in [0.25, 0.3) is 0 Å². The van der Waals surface area contributed by atoms with Crippen molar-refractivity contribution in [2.75, 3.05) is 24.6 Å². The number of carbonyl (C=O) groups excluding carboxylic acids is 1. The van der Waals surface area contributed by atoms with Crippen molar-refractivity contribution in [1.82, 2.24) is 5.32 Å². The van der Waals surface area contributed by atoms with Gasteiger partial charge in [0.15, 0.2) is 0 Å². The fourth-order valence-electron chi connectivity index (χ4n) is 2.09. The van der Waals surface area contributed by atoms with Gasteiger partial charge in [-0.15, -0.1) is 0 Å². The summed E-state index contributed by atoms with van der Waals surface area (Å²) in [6.45, 7) is 1.11. The van der Waals surface area contributed by atoms with Crippen molar-refractivity contribution in [1.29, 1.82) is 5.26 Å². The molecule has 0 aromatic heterocycles. The van der Waals surface area contributed by atoms with Gasteiger partial charge in [0, 0.05) is 18.8 Å². The molecule has 0 bridgehead atoms. The average Bonchev–Trinajstić information content (AvgIpc) is 2.60. The van der Waals surface area contributed by atoms with E-state index in [9.17, 15) is 9.90 Å². The van der Waals surface area contributed by atoms with E-state index in [1.54, 1.807) is 24.3 Å². The van der Waals surface area contributed by atoms with E-state index in [0.29, 0.717) is 18.7 Å². The minimum atomic E-state index is -0.555. The van der Waals surface area contributed by atoms with Gasteiger partial charge in [-0.25, -0.2) is 0 Å². The Labute approximate surface area is 106 Å². The van der Waals surface area contributed by atoms with Crippen LogP contribution in [-0.2, 0) is 4.79 Å². The molecule has 0 radical (unpaired) electrons. The third-order valence-electron chi connectivity index (χ3n) is 3.05. The highest BCUT2D eigenvalue weighted by molar-refractivity contribution is 5.85. The van der Waals surface area contributed by atoms with Crippen molar-refractivity contribution in [3.05, 3.63) is 29.8 Å². The number of aliphatic hydroxyl groups is 1. The Morgan fingerprint density at radius 1 is 1.44 bits per heavy atom. The van der Waals surface area contributed by atoms with Crippen LogP contribution in [0.1, 0.15) is 12.0 Å². The minimum Gasteiger partial charge on any atom is -0.394 e. The number of nitriles is 1. The number of aliphatic hydroxyl groups excluding tert-OH is 1. The molecule has 94 valence electrons. The smallest absolute Gasteiger partial charge is 0.245 e. The van der Waals surface area contributed by atoms with Gasteiger partial charge in [-0.3, -0.25) is 4.79 Å². The fraction of sp³-hybridized carbons (Fsp3) is 0.385. The number of hydrogen-bond donors (Lipinski definition) is 2. The zero-order valence-electron chi connectivity index (χ0n) is 9.97. The van der Waals surface area contributed by atoms with Crippen molar-refractivity contribution in [2.24, 2.45) is 0 Å². The van der Waals surface area contributed by atoms with Gasteiger partial charge < -0.3 is 15.3 Å². The number of hydrogen-bond acceptors (Lipinski definition) is 4. The lowest BCUT2D eigenvalue weighted by molar-refractivity contribution is -0.122. The van der Waals surface area contributed by atoms with Crippen molar-refractivity contribution in [3.8, 4) is 6.07 Å². The van der Waals surface area contributed by atoms with Gasteiger partial charge in [0.05, 0.1) is 18.2 Å². The van der Waals surface area contributed by atoms with Crippen LogP contribution in [0.3, 0.4) is 0 Å². The van der Waals surface area contributed by atoms with E-state index < -0.39 is 6.04 Å². The summed E-state index contributed by atoms with van der Waals surface area (Å²) in [5, 5.41) is 20.9. The number of amides is 1. The highest BCUT2D eigenvalue weighted by atomic mass is 16.3. The van der Waals surface area contributed by atoms with Crippen LogP contribution in [0, 0.1) is 11.3 Å². The number of nitrogens with zero attached hydrogens (tertiary/aromatic N) is 2. The summed E-state index contributed by atoms with van der Waals surface area (Å²) in [4.78, 5) is 13.7. The molecule has 1 atom stereocenters. The predicted molar refractivity (Wildman–Crippen MR) is 67.0 cm³/mol. The van der Waals surface area contributed by atoms with Crippen LogP contribution < -0.4 is 10.2 Å². The molecule has 0 aliphatic carbocycles. The maximum absolute atomic E-state index is 11.8. The summed E-state index contributed by atoms with van der Waals surface area (Å²) in [5.74, 6) is -0.153. The first-order valence-corrected chi connectivity index (χ1v) is 5.91. The summed E-state index contributed by atoms with van der Waals surface area (Å²) in [7, 11) is 0. The Balaban J connectivity index is 2.27. The molecule has 1 unspecified atom stereocenters. The second-order valence-corrected chi connectivity index (χ2v) is 4.20. The van der Waals surface area contributed by atoms with Crippen molar-refractivity contribution >= 4 is 11.6 Å². The summed E-state index contributed by atoms with van der Waals surface area (Å²) >= 11 is 0. The van der Waals surface area contributed by atoms with Crippen LogP contribution in [0.5, 0.6) is 0 Å². The first-order valence-electron chi connectivity index (χ1n) is 5.91. The highest BCUT2D eigenvalue weighted by Gasteiger charge is 2.27. The Morgan fingerprint density at radius 3 is 2.78 bits per heavy atom. The quantitative estimate of drug-likeness (QED) is 0.783. The first kappa shape index (κ1) is 12.4. The standard InChI is InChI=1S/C13H15N3O2/c14-8-10-2-4-11(5-3-10)16-7-1-6-15-13(18)12(16)9-17/h2-5,12,17H,1,6-7,9H2,(H,15,18). The molecule has 1 aromatic carbocycles. The molecule has 1 heterocycles. The molecule has 1 aromatic rings. The second kappa shape index (κ2) is 5.52. The number of benzene rings is 1. The van der Waals surface area contributed by atoms with E-state index >= 15 is 0 Å². The maximum Gasteiger partial charge on any atom is 0.245 e. The second-order valence-electron chi connectivity index (χ2n) is 4.20. The average molecular weight is 245 g/mol. The zero-order valence-corrected chi connectivity index (χ0v) is 9.97. The SMILES string of the molecule is N#Cc1ccc(N2CCCNC(=O)C2CO)cc1. The van der Waals surface area contributed by atoms with E-state index in [1.165, 1.54) is 0 Å². The number of rotatable bonds is 2. The molecule has 1 aliphatic rings. The summed E-state index contributed by atoms with van der Waals surface area (Å²) in [6.07, 6.45) is 0.836. The Morgan fingerprint density at radius 2 is 2.17 bits per heavy atom. The predicted octanol–water partition coefficient (Wildman–Crippen LogP) is 0.245. The van der Waals surface area contributed by atoms with Gasteiger partial charge in [0.1, 0.15) is 6.04 Å². The minimum absolute atomic E-state index is 0.153. The lowest BCUT2D eigenvalue weighted by Crippen LogP contribution is -2.46. The van der Waals surface area contributed by atoms with Crippen molar-refractivity contribution in [2.45, 2.75) is 12.5 Å². The number of anilines is 1. The van der Waals surface area contributed by atoms with E-state index in [4.69, 9.17) is 5.26 Å². The normalized spacial score (nSPS) is 19.9. The van der Waals surface area contributed by atoms with Crippen molar-refractivity contribution < 1.29 is 9.90 Å². The molecule has 5 nitrogen and oxygen atoms in total. The van der Waals surface area contributed by atoms with E-state index in [0.717, 1.165) is 12.1 Å². The Hall–Kier alpha value is -2.06. The fourth-order valence-corrected chi connectivity index (χ4v) is 2.09. The van der Waals surface area contributed by atoms with Gasteiger partial charge in [-0.1, -0.05) is 0 Å². The van der Waals surface area contributed by atoms with E-state index in [1.807, 2.05) is 4.90 Å². The maximum atomic E-state index is 11.8. The topological polar surface area (TPSA) is 76.4 Å². The number of carbonyl (C=O) groups is 1. The van der Waals surface area contributed by atoms with Gasteiger partial charge >= 0.3 is 0 Å². The van der Waals surface area contributed by atoms with E-state index in [-0.39, 0.29) is 12.5 Å².